The summed E-state index contributed by atoms with van der Waals surface area (Å²) in [5.41, 5.74) is 0.928. The number of nitrogens with one attached hydrogen (secondary N) is 1. The van der Waals surface area contributed by atoms with Gasteiger partial charge in [0.1, 0.15) is 16.2 Å². The van der Waals surface area contributed by atoms with E-state index in [2.05, 4.69) is 41.8 Å². The maximum atomic E-state index is 5.27. The molecule has 0 unspecified atom stereocenters. The monoisotopic (exact) mass is 330 g/mol. The second kappa shape index (κ2) is 4.37. The van der Waals surface area contributed by atoms with E-state index in [1.165, 1.54) is 0 Å². The molecule has 0 saturated heterocycles. The topological polar surface area (TPSA) is 37.9 Å². The molecule has 5 heteroatoms. The zero-order valence-electron chi connectivity index (χ0n) is 7.92. The number of aromatic nitrogens is 2. The van der Waals surface area contributed by atoms with E-state index in [1.54, 1.807) is 13.3 Å². The maximum absolute atomic E-state index is 5.27. The molecular formula is C10H8Br2N2O. The Morgan fingerprint density at radius 1 is 1.33 bits per heavy atom. The molecule has 0 amide bonds. The van der Waals surface area contributed by atoms with Crippen LogP contribution in [0.3, 0.4) is 0 Å². The van der Waals surface area contributed by atoms with Gasteiger partial charge < -0.3 is 9.72 Å². The van der Waals surface area contributed by atoms with Crippen molar-refractivity contribution >= 4 is 31.9 Å². The summed E-state index contributed by atoms with van der Waals surface area (Å²) in [5, 5.41) is 0. The van der Waals surface area contributed by atoms with E-state index >= 15 is 0 Å². The molecule has 2 aromatic rings. The minimum absolute atomic E-state index is 0.778. The number of ether oxygens (including phenoxy) is 1. The van der Waals surface area contributed by atoms with E-state index in [0.717, 1.165) is 26.2 Å². The van der Waals surface area contributed by atoms with Crippen LogP contribution in [0.4, 0.5) is 0 Å². The third-order valence-electron chi connectivity index (χ3n) is 1.96. The number of methoxy groups -OCH3 is 1. The molecule has 1 N–H and O–H groups in total. The number of hydrogen-bond acceptors (Lipinski definition) is 2. The van der Waals surface area contributed by atoms with Crippen LogP contribution in [-0.4, -0.2) is 17.1 Å². The Morgan fingerprint density at radius 2 is 2.13 bits per heavy atom. The van der Waals surface area contributed by atoms with Crippen molar-refractivity contribution < 1.29 is 4.74 Å². The lowest BCUT2D eigenvalue weighted by Crippen LogP contribution is -1.89. The van der Waals surface area contributed by atoms with Crippen LogP contribution in [0.25, 0.3) is 11.4 Å². The summed E-state index contributed by atoms with van der Waals surface area (Å²) in [6.07, 6.45) is 1.72. The van der Waals surface area contributed by atoms with Crippen molar-refractivity contribution in [3.05, 3.63) is 33.5 Å². The number of hydrogen-bond donors (Lipinski definition) is 1. The molecule has 0 fully saturated rings. The fraction of sp³-hybridized carbons (Fsp3) is 0.100. The first kappa shape index (κ1) is 10.7. The van der Waals surface area contributed by atoms with E-state index in [0.29, 0.717) is 0 Å². The van der Waals surface area contributed by atoms with E-state index < -0.39 is 0 Å². The zero-order valence-corrected chi connectivity index (χ0v) is 11.1. The van der Waals surface area contributed by atoms with E-state index in [-0.39, 0.29) is 0 Å². The molecule has 15 heavy (non-hydrogen) atoms. The molecule has 0 aliphatic rings. The Kier molecular flexibility index (Phi) is 3.11. The average Bonchev–Trinajstić information content (AvgIpc) is 2.65. The number of benzene rings is 1. The van der Waals surface area contributed by atoms with Crippen molar-refractivity contribution in [3.63, 3.8) is 0 Å². The molecule has 2 rings (SSSR count). The van der Waals surface area contributed by atoms with Crippen molar-refractivity contribution in [2.75, 3.05) is 7.11 Å². The largest absolute Gasteiger partial charge is 0.496 e. The van der Waals surface area contributed by atoms with Crippen molar-refractivity contribution in [1.82, 2.24) is 9.97 Å². The predicted molar refractivity (Wildman–Crippen MR) is 66.0 cm³/mol. The minimum Gasteiger partial charge on any atom is -0.496 e. The van der Waals surface area contributed by atoms with Gasteiger partial charge in [0.25, 0.3) is 0 Å². The number of imidazole rings is 1. The second-order valence-electron chi connectivity index (χ2n) is 2.92. The summed E-state index contributed by atoms with van der Waals surface area (Å²) in [4.78, 5) is 7.33. The van der Waals surface area contributed by atoms with Crippen LogP contribution in [0.2, 0.25) is 0 Å². The quantitative estimate of drug-likeness (QED) is 0.912. The molecule has 0 bridgehead atoms. The highest BCUT2D eigenvalue weighted by Crippen LogP contribution is 2.31. The fourth-order valence-electron chi connectivity index (χ4n) is 1.30. The van der Waals surface area contributed by atoms with Gasteiger partial charge in [-0.25, -0.2) is 4.98 Å². The van der Waals surface area contributed by atoms with Gasteiger partial charge >= 0.3 is 0 Å². The first-order valence-corrected chi connectivity index (χ1v) is 5.83. The van der Waals surface area contributed by atoms with Gasteiger partial charge in [0.05, 0.1) is 18.9 Å². The lowest BCUT2D eigenvalue weighted by Gasteiger charge is -2.06. The summed E-state index contributed by atoms with van der Waals surface area (Å²) < 4.78 is 7.11. The molecule has 0 saturated carbocycles. The standard InChI is InChI=1S/C10H8Br2N2O/c1-15-8-3-2-6(11)4-7(8)10-13-5-9(12)14-10/h2-5H,1H3,(H,13,14). The first-order valence-electron chi connectivity index (χ1n) is 4.25. The Hall–Kier alpha value is -0.810. The van der Waals surface area contributed by atoms with Crippen molar-refractivity contribution in [2.45, 2.75) is 0 Å². The summed E-state index contributed by atoms with van der Waals surface area (Å²) >= 11 is 6.74. The van der Waals surface area contributed by atoms with Crippen LogP contribution in [0.1, 0.15) is 0 Å². The number of aromatic amines is 1. The number of rotatable bonds is 2. The third-order valence-corrected chi connectivity index (χ3v) is 2.86. The molecule has 3 nitrogen and oxygen atoms in total. The number of nitrogens with zero attached hydrogens (tertiary/aromatic N) is 1. The van der Waals surface area contributed by atoms with Crippen molar-refractivity contribution in [2.24, 2.45) is 0 Å². The predicted octanol–water partition coefficient (Wildman–Crippen LogP) is 3.61. The van der Waals surface area contributed by atoms with Gasteiger partial charge in [-0.05, 0) is 34.1 Å². The van der Waals surface area contributed by atoms with Gasteiger partial charge in [0.2, 0.25) is 0 Å². The molecule has 78 valence electrons. The number of H-pyrrole nitrogens is 1. The Labute approximate surface area is 104 Å². The normalized spacial score (nSPS) is 10.3. The van der Waals surface area contributed by atoms with Crippen LogP contribution in [0, 0.1) is 0 Å². The van der Waals surface area contributed by atoms with Gasteiger partial charge in [0.15, 0.2) is 0 Å². The summed E-state index contributed by atoms with van der Waals surface area (Å²) in [6, 6.07) is 5.79. The SMILES string of the molecule is COc1ccc(Br)cc1-c1ncc(Br)[nH]1. The Morgan fingerprint density at radius 3 is 2.73 bits per heavy atom. The van der Waals surface area contributed by atoms with Crippen LogP contribution in [0.5, 0.6) is 5.75 Å². The smallest absolute Gasteiger partial charge is 0.141 e. The van der Waals surface area contributed by atoms with E-state index in [4.69, 9.17) is 4.74 Å². The van der Waals surface area contributed by atoms with Gasteiger partial charge in [-0.15, -0.1) is 0 Å². The highest BCUT2D eigenvalue weighted by Gasteiger charge is 2.09. The molecule has 0 aliphatic heterocycles. The molecule has 0 radical (unpaired) electrons. The second-order valence-corrected chi connectivity index (χ2v) is 4.69. The van der Waals surface area contributed by atoms with Crippen molar-refractivity contribution in [3.8, 4) is 17.1 Å². The van der Waals surface area contributed by atoms with Crippen LogP contribution in [0.15, 0.2) is 33.5 Å². The van der Waals surface area contributed by atoms with Crippen molar-refractivity contribution in [1.29, 1.82) is 0 Å². The molecule has 0 aliphatic carbocycles. The highest BCUT2D eigenvalue weighted by molar-refractivity contribution is 9.10. The summed E-state index contributed by atoms with van der Waals surface area (Å²) in [6.45, 7) is 0. The van der Waals surface area contributed by atoms with Gasteiger partial charge in [-0.2, -0.15) is 0 Å². The van der Waals surface area contributed by atoms with Crippen LogP contribution >= 0.6 is 31.9 Å². The fourth-order valence-corrected chi connectivity index (χ4v) is 1.95. The van der Waals surface area contributed by atoms with Gasteiger partial charge in [-0.3, -0.25) is 0 Å². The molecule has 1 aromatic heterocycles. The lowest BCUT2D eigenvalue weighted by atomic mass is 10.2. The first-order chi connectivity index (χ1) is 7.20. The molecule has 0 atom stereocenters. The average molecular weight is 332 g/mol. The number of halogens is 2. The lowest BCUT2D eigenvalue weighted by molar-refractivity contribution is 0.416. The van der Waals surface area contributed by atoms with Crippen LogP contribution < -0.4 is 4.74 Å². The molecule has 0 spiro atoms. The zero-order chi connectivity index (χ0) is 10.8. The Bertz CT molecular complexity index is 482. The molecule has 1 aromatic carbocycles. The minimum atomic E-state index is 0.778. The summed E-state index contributed by atoms with van der Waals surface area (Å²) in [5.74, 6) is 1.57. The summed E-state index contributed by atoms with van der Waals surface area (Å²) in [7, 11) is 1.64. The third kappa shape index (κ3) is 2.23. The maximum Gasteiger partial charge on any atom is 0.141 e. The van der Waals surface area contributed by atoms with Crippen LogP contribution in [-0.2, 0) is 0 Å². The highest BCUT2D eigenvalue weighted by atomic mass is 79.9. The molecular weight excluding hydrogens is 324 g/mol. The Balaban J connectivity index is 2.55. The van der Waals surface area contributed by atoms with Gasteiger partial charge in [-0.1, -0.05) is 15.9 Å². The van der Waals surface area contributed by atoms with E-state index in [9.17, 15) is 0 Å². The van der Waals surface area contributed by atoms with Gasteiger partial charge in [0, 0.05) is 4.47 Å². The molecule has 1 heterocycles. The van der Waals surface area contributed by atoms with E-state index in [1.807, 2.05) is 18.2 Å².